The molecule has 1 aromatic heterocycles. The van der Waals surface area contributed by atoms with Gasteiger partial charge in [-0.1, -0.05) is 0 Å². The summed E-state index contributed by atoms with van der Waals surface area (Å²) in [4.78, 5) is 24.0. The Morgan fingerprint density at radius 1 is 1.42 bits per heavy atom. The summed E-state index contributed by atoms with van der Waals surface area (Å²) < 4.78 is 12.0. The Labute approximate surface area is 76.3 Å². The minimum absolute atomic E-state index is 0.194. The summed E-state index contributed by atoms with van der Waals surface area (Å²) >= 11 is 9.53. The Kier molecular flexibility index (Phi) is 5.40. The number of halogens is 3. The van der Waals surface area contributed by atoms with E-state index in [4.69, 9.17) is 23.2 Å². The molecule has 0 aliphatic carbocycles. The number of aromatic amines is 2. The van der Waals surface area contributed by atoms with E-state index >= 15 is 0 Å². The lowest BCUT2D eigenvalue weighted by molar-refractivity contribution is 0.597. The summed E-state index contributed by atoms with van der Waals surface area (Å²) in [6, 6.07) is 0. The van der Waals surface area contributed by atoms with Crippen LogP contribution in [0.1, 0.15) is 0 Å². The summed E-state index contributed by atoms with van der Waals surface area (Å²) in [6.45, 7) is 0. The van der Waals surface area contributed by atoms with Gasteiger partial charge in [-0.05, 0) is 0 Å². The summed E-state index contributed by atoms with van der Waals surface area (Å²) in [5, 5.41) is 0.194. The maximum Gasteiger partial charge on any atom is 0.325 e. The van der Waals surface area contributed by atoms with Crippen molar-refractivity contribution in [1.82, 2.24) is 9.97 Å². The van der Waals surface area contributed by atoms with Gasteiger partial charge in [0.2, 0.25) is 5.82 Å². The van der Waals surface area contributed by atoms with Crippen LogP contribution in [0.25, 0.3) is 0 Å². The molecule has 0 unspecified atom stereocenters. The highest BCUT2D eigenvalue weighted by molar-refractivity contribution is 6.40. The monoisotopic (exact) mass is 214 g/mol. The molecule has 0 atom stereocenters. The average molecular weight is 215 g/mol. The normalized spacial score (nSPS) is 8.58. The predicted octanol–water partition coefficient (Wildman–Crippen LogP) is 0.624. The zero-order valence-electron chi connectivity index (χ0n) is 5.73. The molecule has 0 aliphatic rings. The van der Waals surface area contributed by atoms with Crippen LogP contribution in [-0.4, -0.2) is 15.3 Å². The second kappa shape index (κ2) is 5.79. The van der Waals surface area contributed by atoms with Gasteiger partial charge >= 0.3 is 5.69 Å². The third-order valence-electron chi connectivity index (χ3n) is 0.774. The van der Waals surface area contributed by atoms with E-state index in [0.717, 1.165) is 0 Å². The fourth-order valence-corrected chi connectivity index (χ4v) is 0.393. The van der Waals surface area contributed by atoms with Crippen molar-refractivity contribution in [2.45, 2.75) is 0 Å². The van der Waals surface area contributed by atoms with Crippen LogP contribution in [-0.2, 0) is 0 Å². The van der Waals surface area contributed by atoms with Crippen molar-refractivity contribution in [3.05, 3.63) is 32.9 Å². The Bertz CT molecular complexity index is 335. The molecule has 0 bridgehead atoms. The molecule has 7 heteroatoms. The predicted molar refractivity (Wildman–Crippen MR) is 44.2 cm³/mol. The highest BCUT2D eigenvalue weighted by Crippen LogP contribution is 1.74. The van der Waals surface area contributed by atoms with E-state index in [9.17, 15) is 14.0 Å². The zero-order valence-corrected chi connectivity index (χ0v) is 7.25. The number of hydrogen-bond donors (Lipinski definition) is 2. The zero-order chi connectivity index (χ0) is 9.56. The van der Waals surface area contributed by atoms with E-state index in [2.05, 4.69) is 0 Å². The van der Waals surface area contributed by atoms with Crippen LogP contribution >= 0.6 is 23.2 Å². The molecule has 2 N–H and O–H groups in total. The summed E-state index contributed by atoms with van der Waals surface area (Å²) in [7, 11) is 0. The van der Waals surface area contributed by atoms with Gasteiger partial charge < -0.3 is 4.98 Å². The van der Waals surface area contributed by atoms with Crippen molar-refractivity contribution in [2.24, 2.45) is 0 Å². The highest BCUT2D eigenvalue weighted by atomic mass is 35.5. The first-order chi connectivity index (χ1) is 5.61. The number of rotatable bonds is 0. The minimum Gasteiger partial charge on any atom is -0.311 e. The summed E-state index contributed by atoms with van der Waals surface area (Å²) in [5.74, 6) is -0.991. The lowest BCUT2D eigenvalue weighted by Gasteiger charge is -1.81. The summed E-state index contributed by atoms with van der Waals surface area (Å²) in [6.07, 6.45) is 0.709. The Morgan fingerprint density at radius 2 is 1.92 bits per heavy atom. The van der Waals surface area contributed by atoms with Gasteiger partial charge in [0.1, 0.15) is 0 Å². The number of H-pyrrole nitrogens is 2. The quantitative estimate of drug-likeness (QED) is 0.623. The molecule has 0 saturated heterocycles. The van der Waals surface area contributed by atoms with Crippen LogP contribution in [0.15, 0.2) is 15.8 Å². The SMILES string of the molecule is ClCCl.O=c1[nH]cc(F)c(=O)[nH]1. The van der Waals surface area contributed by atoms with Crippen LogP contribution in [0.5, 0.6) is 0 Å². The molecular formula is C5H5Cl2FN2O2. The highest BCUT2D eigenvalue weighted by Gasteiger charge is 1.93. The van der Waals surface area contributed by atoms with Gasteiger partial charge in [-0.15, -0.1) is 23.2 Å². The first kappa shape index (κ1) is 11.2. The second-order valence-electron chi connectivity index (χ2n) is 1.52. The van der Waals surface area contributed by atoms with Crippen LogP contribution in [0.2, 0.25) is 0 Å². The Morgan fingerprint density at radius 3 is 2.25 bits per heavy atom. The van der Waals surface area contributed by atoms with E-state index in [1.54, 1.807) is 4.98 Å². The number of nitrogens with one attached hydrogen (secondary N) is 2. The molecular weight excluding hydrogens is 210 g/mol. The number of aromatic nitrogens is 2. The van der Waals surface area contributed by atoms with Crippen molar-refractivity contribution < 1.29 is 4.39 Å². The molecule has 0 radical (unpaired) electrons. The average Bonchev–Trinajstić information content (AvgIpc) is 1.99. The van der Waals surface area contributed by atoms with E-state index < -0.39 is 17.1 Å². The van der Waals surface area contributed by atoms with Crippen molar-refractivity contribution in [1.29, 1.82) is 0 Å². The topological polar surface area (TPSA) is 65.7 Å². The van der Waals surface area contributed by atoms with Gasteiger partial charge in [0.05, 0.1) is 5.34 Å². The minimum atomic E-state index is -1.00. The first-order valence-electron chi connectivity index (χ1n) is 2.71. The lowest BCUT2D eigenvalue weighted by atomic mass is 10.6. The molecule has 1 rings (SSSR count). The Hall–Kier alpha value is -0.810. The van der Waals surface area contributed by atoms with Gasteiger partial charge in [-0.2, -0.15) is 4.39 Å². The third-order valence-corrected chi connectivity index (χ3v) is 0.774. The van der Waals surface area contributed by atoms with E-state index in [1.807, 2.05) is 4.98 Å². The van der Waals surface area contributed by atoms with Crippen molar-refractivity contribution >= 4 is 23.2 Å². The fourth-order valence-electron chi connectivity index (χ4n) is 0.393. The van der Waals surface area contributed by atoms with Gasteiger partial charge in [0.15, 0.2) is 0 Å². The molecule has 68 valence electrons. The van der Waals surface area contributed by atoms with Crippen LogP contribution in [0.3, 0.4) is 0 Å². The Balaban J connectivity index is 0.000000354. The first-order valence-corrected chi connectivity index (χ1v) is 3.78. The maximum absolute atomic E-state index is 12.0. The molecule has 4 nitrogen and oxygen atoms in total. The van der Waals surface area contributed by atoms with E-state index in [-0.39, 0.29) is 5.34 Å². The molecule has 0 aromatic carbocycles. The maximum atomic E-state index is 12.0. The smallest absolute Gasteiger partial charge is 0.311 e. The standard InChI is InChI=1S/C4H3FN2O2.CH2Cl2/c5-2-1-6-4(9)7-3(2)8;2-1-3/h1H,(H2,6,7,8,9);1H2. The van der Waals surface area contributed by atoms with E-state index in [0.29, 0.717) is 6.20 Å². The van der Waals surface area contributed by atoms with Gasteiger partial charge in [0, 0.05) is 6.20 Å². The van der Waals surface area contributed by atoms with Gasteiger partial charge in [0.25, 0.3) is 5.56 Å². The van der Waals surface area contributed by atoms with Gasteiger partial charge in [-0.25, -0.2) is 4.79 Å². The number of alkyl halides is 2. The lowest BCUT2D eigenvalue weighted by Crippen LogP contribution is -2.23. The second-order valence-corrected chi connectivity index (χ2v) is 2.33. The molecule has 1 heterocycles. The molecule has 0 amide bonds. The number of hydrogen-bond acceptors (Lipinski definition) is 2. The van der Waals surface area contributed by atoms with E-state index in [1.165, 1.54) is 0 Å². The van der Waals surface area contributed by atoms with Gasteiger partial charge in [-0.3, -0.25) is 9.78 Å². The van der Waals surface area contributed by atoms with Crippen molar-refractivity contribution in [3.8, 4) is 0 Å². The fraction of sp³-hybridized carbons (Fsp3) is 0.200. The molecule has 0 saturated carbocycles. The third kappa shape index (κ3) is 4.15. The molecule has 0 aliphatic heterocycles. The van der Waals surface area contributed by atoms with Crippen LogP contribution in [0.4, 0.5) is 4.39 Å². The molecule has 1 aromatic rings. The molecule has 0 spiro atoms. The molecule has 12 heavy (non-hydrogen) atoms. The van der Waals surface area contributed by atoms with Crippen LogP contribution in [0, 0.1) is 5.82 Å². The largest absolute Gasteiger partial charge is 0.325 e. The van der Waals surface area contributed by atoms with Crippen LogP contribution < -0.4 is 11.2 Å². The molecule has 0 fully saturated rings. The summed E-state index contributed by atoms with van der Waals surface area (Å²) in [5.41, 5.74) is -1.71. The van der Waals surface area contributed by atoms with Crippen molar-refractivity contribution in [2.75, 3.05) is 5.34 Å². The van der Waals surface area contributed by atoms with Crippen molar-refractivity contribution in [3.63, 3.8) is 0 Å².